The molecule has 0 aliphatic carbocycles. The van der Waals surface area contributed by atoms with E-state index in [9.17, 15) is 4.79 Å². The van der Waals surface area contributed by atoms with E-state index in [2.05, 4.69) is 27.3 Å². The lowest BCUT2D eigenvalue weighted by molar-refractivity contribution is -0.121. The van der Waals surface area contributed by atoms with Gasteiger partial charge in [0.25, 0.3) is 0 Å². The van der Waals surface area contributed by atoms with E-state index >= 15 is 0 Å². The Morgan fingerprint density at radius 2 is 2.11 bits per heavy atom. The van der Waals surface area contributed by atoms with Crippen molar-refractivity contribution < 1.29 is 4.79 Å². The van der Waals surface area contributed by atoms with E-state index in [0.29, 0.717) is 12.3 Å². The van der Waals surface area contributed by atoms with E-state index in [1.165, 1.54) is 5.69 Å². The van der Waals surface area contributed by atoms with Gasteiger partial charge in [0.2, 0.25) is 5.91 Å². The van der Waals surface area contributed by atoms with Crippen molar-refractivity contribution in [3.8, 4) is 0 Å². The molecular weight excluding hydrogens is 226 g/mol. The van der Waals surface area contributed by atoms with Crippen LogP contribution in [0.2, 0.25) is 0 Å². The first-order chi connectivity index (χ1) is 8.58. The van der Waals surface area contributed by atoms with Gasteiger partial charge in [-0.05, 0) is 38.3 Å². The second kappa shape index (κ2) is 5.38. The Morgan fingerprint density at radius 3 is 2.72 bits per heavy atom. The number of anilines is 1. The molecule has 0 aromatic carbocycles. The number of aryl methyl sites for hydroxylation is 2. The monoisotopic (exact) mass is 247 g/mol. The topological polar surface area (TPSA) is 45.2 Å². The van der Waals surface area contributed by atoms with Crippen LogP contribution in [0.3, 0.4) is 0 Å². The van der Waals surface area contributed by atoms with Crippen LogP contribution in [0.25, 0.3) is 0 Å². The molecule has 18 heavy (non-hydrogen) atoms. The molecule has 98 valence electrons. The predicted octanol–water partition coefficient (Wildman–Crippen LogP) is 1.66. The maximum absolute atomic E-state index is 11.4. The van der Waals surface area contributed by atoms with Crippen molar-refractivity contribution in [2.24, 2.45) is 5.92 Å². The lowest BCUT2D eigenvalue weighted by Crippen LogP contribution is -2.24. The summed E-state index contributed by atoms with van der Waals surface area (Å²) in [5.74, 6) is 0.614. The molecule has 2 heterocycles. The molecule has 1 saturated heterocycles. The number of hydrogen-bond acceptors (Lipinski definition) is 3. The minimum absolute atomic E-state index is 0.143. The summed E-state index contributed by atoms with van der Waals surface area (Å²) in [4.78, 5) is 18.1. The number of hydrogen-bond donors (Lipinski definition) is 1. The van der Waals surface area contributed by atoms with Gasteiger partial charge in [-0.25, -0.2) is 0 Å². The zero-order valence-corrected chi connectivity index (χ0v) is 11.4. The van der Waals surface area contributed by atoms with Crippen LogP contribution >= 0.6 is 0 Å². The van der Waals surface area contributed by atoms with Gasteiger partial charge in [-0.3, -0.25) is 9.78 Å². The Hall–Kier alpha value is -1.58. The zero-order chi connectivity index (χ0) is 13.1. The first-order valence-corrected chi connectivity index (χ1v) is 6.49. The van der Waals surface area contributed by atoms with Gasteiger partial charge in [-0.2, -0.15) is 0 Å². The number of amides is 1. The Bertz CT molecular complexity index is 424. The number of aromatic nitrogens is 1. The summed E-state index contributed by atoms with van der Waals surface area (Å²) in [5, 5.41) is 2.70. The highest BCUT2D eigenvalue weighted by Gasteiger charge is 2.24. The number of nitrogens with zero attached hydrogens (tertiary/aromatic N) is 2. The van der Waals surface area contributed by atoms with Crippen LogP contribution in [0.1, 0.15) is 24.2 Å². The summed E-state index contributed by atoms with van der Waals surface area (Å²) in [6.07, 6.45) is 1.73. The second-order valence-electron chi connectivity index (χ2n) is 5.09. The van der Waals surface area contributed by atoms with Gasteiger partial charge in [-0.1, -0.05) is 0 Å². The number of carbonyl (C=O) groups is 1. The largest absolute Gasteiger partial charge is 0.371 e. The molecule has 4 heteroatoms. The maximum Gasteiger partial charge on any atom is 0.220 e. The Balaban J connectivity index is 2.01. The second-order valence-corrected chi connectivity index (χ2v) is 5.09. The molecule has 1 unspecified atom stereocenters. The van der Waals surface area contributed by atoms with Crippen LogP contribution in [0.5, 0.6) is 0 Å². The van der Waals surface area contributed by atoms with E-state index in [4.69, 9.17) is 0 Å². The van der Waals surface area contributed by atoms with Gasteiger partial charge >= 0.3 is 0 Å². The minimum Gasteiger partial charge on any atom is -0.371 e. The Labute approximate surface area is 108 Å². The normalized spacial score (nSPS) is 19.1. The summed E-state index contributed by atoms with van der Waals surface area (Å²) < 4.78 is 0. The first kappa shape index (κ1) is 12.9. The molecule has 1 aromatic heterocycles. The molecule has 1 atom stereocenters. The van der Waals surface area contributed by atoms with E-state index in [0.717, 1.165) is 30.9 Å². The van der Waals surface area contributed by atoms with Crippen LogP contribution in [-0.2, 0) is 4.79 Å². The minimum atomic E-state index is 0.143. The van der Waals surface area contributed by atoms with Crippen LogP contribution < -0.4 is 10.2 Å². The lowest BCUT2D eigenvalue weighted by Gasteiger charge is -2.19. The summed E-state index contributed by atoms with van der Waals surface area (Å²) in [6, 6.07) is 4.24. The highest BCUT2D eigenvalue weighted by atomic mass is 16.1. The van der Waals surface area contributed by atoms with E-state index in [-0.39, 0.29) is 5.91 Å². The molecule has 1 fully saturated rings. The Kier molecular flexibility index (Phi) is 3.84. The molecule has 4 nitrogen and oxygen atoms in total. The molecule has 1 N–H and O–H groups in total. The van der Waals surface area contributed by atoms with Gasteiger partial charge in [0.15, 0.2) is 0 Å². The fourth-order valence-electron chi connectivity index (χ4n) is 2.59. The van der Waals surface area contributed by atoms with Gasteiger partial charge < -0.3 is 10.2 Å². The van der Waals surface area contributed by atoms with Crippen molar-refractivity contribution in [1.82, 2.24) is 10.3 Å². The SMILES string of the molecule is CNC(=O)CC1CCN(c2cc(C)nc(C)c2)C1. The molecule has 1 aromatic rings. The fourth-order valence-corrected chi connectivity index (χ4v) is 2.59. The molecule has 1 amide bonds. The van der Waals surface area contributed by atoms with Crippen molar-refractivity contribution >= 4 is 11.6 Å². The molecule has 1 aliphatic heterocycles. The molecule has 0 radical (unpaired) electrons. The highest BCUT2D eigenvalue weighted by Crippen LogP contribution is 2.26. The van der Waals surface area contributed by atoms with Gasteiger partial charge in [0.05, 0.1) is 0 Å². The Morgan fingerprint density at radius 1 is 1.44 bits per heavy atom. The van der Waals surface area contributed by atoms with Crippen LogP contribution in [0, 0.1) is 19.8 Å². The fraction of sp³-hybridized carbons (Fsp3) is 0.571. The van der Waals surface area contributed by atoms with Crippen molar-refractivity contribution in [3.05, 3.63) is 23.5 Å². The molecule has 2 rings (SSSR count). The zero-order valence-electron chi connectivity index (χ0n) is 11.4. The highest BCUT2D eigenvalue weighted by molar-refractivity contribution is 5.76. The van der Waals surface area contributed by atoms with E-state index < -0.39 is 0 Å². The van der Waals surface area contributed by atoms with Gasteiger partial charge in [0.1, 0.15) is 0 Å². The third-order valence-electron chi connectivity index (χ3n) is 3.47. The average molecular weight is 247 g/mol. The molecule has 0 saturated carbocycles. The van der Waals surface area contributed by atoms with Crippen LogP contribution in [0.4, 0.5) is 5.69 Å². The lowest BCUT2D eigenvalue weighted by atomic mass is 10.0. The van der Waals surface area contributed by atoms with Crippen molar-refractivity contribution in [2.75, 3.05) is 25.0 Å². The first-order valence-electron chi connectivity index (χ1n) is 6.49. The van der Waals surface area contributed by atoms with E-state index in [1.54, 1.807) is 7.05 Å². The third kappa shape index (κ3) is 3.00. The van der Waals surface area contributed by atoms with Crippen LogP contribution in [-0.4, -0.2) is 31.0 Å². The predicted molar refractivity (Wildman–Crippen MR) is 72.7 cm³/mol. The summed E-state index contributed by atoms with van der Waals surface area (Å²) in [5.41, 5.74) is 3.35. The number of nitrogens with one attached hydrogen (secondary N) is 1. The summed E-state index contributed by atoms with van der Waals surface area (Å²) in [7, 11) is 1.70. The quantitative estimate of drug-likeness (QED) is 0.883. The summed E-state index contributed by atoms with van der Waals surface area (Å²) >= 11 is 0. The summed E-state index contributed by atoms with van der Waals surface area (Å²) in [6.45, 7) is 6.05. The van der Waals surface area contributed by atoms with Gasteiger partial charge in [0, 0.05) is 43.6 Å². The molecular formula is C14H21N3O. The van der Waals surface area contributed by atoms with Gasteiger partial charge in [-0.15, -0.1) is 0 Å². The maximum atomic E-state index is 11.4. The number of pyridine rings is 1. The van der Waals surface area contributed by atoms with Crippen molar-refractivity contribution in [2.45, 2.75) is 26.7 Å². The number of rotatable bonds is 3. The molecule has 0 spiro atoms. The molecule has 1 aliphatic rings. The van der Waals surface area contributed by atoms with Crippen LogP contribution in [0.15, 0.2) is 12.1 Å². The smallest absolute Gasteiger partial charge is 0.220 e. The average Bonchev–Trinajstić information content (AvgIpc) is 2.76. The van der Waals surface area contributed by atoms with E-state index in [1.807, 2.05) is 13.8 Å². The van der Waals surface area contributed by atoms with Crippen molar-refractivity contribution in [3.63, 3.8) is 0 Å². The number of carbonyl (C=O) groups excluding carboxylic acids is 1. The molecule has 0 bridgehead atoms. The standard InChI is InChI=1S/C14H21N3O/c1-10-6-13(7-11(2)16-10)17-5-4-12(9-17)8-14(18)15-3/h6-7,12H,4-5,8-9H2,1-3H3,(H,15,18). The third-order valence-corrected chi connectivity index (χ3v) is 3.47. The van der Waals surface area contributed by atoms with Crippen molar-refractivity contribution in [1.29, 1.82) is 0 Å².